The molecule has 1 aliphatic rings. The number of benzene rings is 1. The van der Waals surface area contributed by atoms with Gasteiger partial charge >= 0.3 is 5.97 Å². The quantitative estimate of drug-likeness (QED) is 0.622. The molecule has 80 valence electrons. The normalized spacial score (nSPS) is 15.8. The fourth-order valence-electron chi connectivity index (χ4n) is 1.40. The first-order chi connectivity index (χ1) is 7.16. The van der Waals surface area contributed by atoms with Crippen molar-refractivity contribution in [2.75, 3.05) is 5.73 Å². The molecule has 2 rings (SSSR count). The Hall–Kier alpha value is -1.22. The molecule has 0 heterocycles. The van der Waals surface area contributed by atoms with Crippen LogP contribution in [0.5, 0.6) is 0 Å². The average Bonchev–Trinajstić information content (AvgIpc) is 2.11. The van der Waals surface area contributed by atoms with Gasteiger partial charge in [0.2, 0.25) is 0 Å². The van der Waals surface area contributed by atoms with Gasteiger partial charge in [0.1, 0.15) is 6.10 Å². The van der Waals surface area contributed by atoms with Crippen molar-refractivity contribution in [3.8, 4) is 0 Å². The molecule has 0 unspecified atom stereocenters. The predicted molar refractivity (Wildman–Crippen MR) is 58.9 cm³/mol. The molecule has 0 bridgehead atoms. The van der Waals surface area contributed by atoms with E-state index in [0.717, 1.165) is 19.3 Å². The summed E-state index contributed by atoms with van der Waals surface area (Å²) >= 11 is 5.89. The molecule has 0 radical (unpaired) electrons. The Balaban J connectivity index is 2.10. The molecule has 1 aromatic rings. The fraction of sp³-hybridized carbons (Fsp3) is 0.364. The third-order valence-electron chi connectivity index (χ3n) is 2.54. The lowest BCUT2D eigenvalue weighted by Crippen LogP contribution is -2.25. The van der Waals surface area contributed by atoms with Crippen LogP contribution in [0, 0.1) is 0 Å². The molecular formula is C11H12ClNO2. The zero-order valence-electron chi connectivity index (χ0n) is 8.20. The number of rotatable bonds is 2. The Bertz CT molecular complexity index is 388. The summed E-state index contributed by atoms with van der Waals surface area (Å²) < 4.78 is 5.23. The number of ether oxygens (including phenoxy) is 1. The van der Waals surface area contributed by atoms with Gasteiger partial charge in [-0.3, -0.25) is 0 Å². The first-order valence-electron chi connectivity index (χ1n) is 4.93. The summed E-state index contributed by atoms with van der Waals surface area (Å²) in [5.41, 5.74) is 6.46. The van der Waals surface area contributed by atoms with E-state index in [1.165, 1.54) is 0 Å². The highest BCUT2D eigenvalue weighted by atomic mass is 35.5. The minimum Gasteiger partial charge on any atom is -0.459 e. The van der Waals surface area contributed by atoms with Gasteiger partial charge in [-0.1, -0.05) is 11.6 Å². The monoisotopic (exact) mass is 225 g/mol. The number of anilines is 1. The minimum atomic E-state index is -0.357. The van der Waals surface area contributed by atoms with Crippen molar-refractivity contribution in [1.82, 2.24) is 0 Å². The molecule has 15 heavy (non-hydrogen) atoms. The molecule has 3 nitrogen and oxygen atoms in total. The second-order valence-electron chi connectivity index (χ2n) is 3.70. The van der Waals surface area contributed by atoms with Gasteiger partial charge in [-0.25, -0.2) is 4.79 Å². The van der Waals surface area contributed by atoms with E-state index in [2.05, 4.69) is 0 Å². The highest BCUT2D eigenvalue weighted by Crippen LogP contribution is 2.25. The summed E-state index contributed by atoms with van der Waals surface area (Å²) in [4.78, 5) is 11.6. The number of halogens is 1. The molecule has 0 aromatic heterocycles. The van der Waals surface area contributed by atoms with E-state index in [4.69, 9.17) is 22.1 Å². The van der Waals surface area contributed by atoms with Gasteiger partial charge < -0.3 is 10.5 Å². The SMILES string of the molecule is Nc1ccc(C(=O)OC2CCC2)c(Cl)c1. The molecule has 1 aliphatic carbocycles. The molecule has 4 heteroatoms. The third kappa shape index (κ3) is 2.23. The summed E-state index contributed by atoms with van der Waals surface area (Å²) in [7, 11) is 0. The molecule has 0 aliphatic heterocycles. The Morgan fingerprint density at radius 1 is 1.47 bits per heavy atom. The van der Waals surface area contributed by atoms with Crippen LogP contribution in [0.2, 0.25) is 5.02 Å². The summed E-state index contributed by atoms with van der Waals surface area (Å²) in [5.74, 6) is -0.357. The van der Waals surface area contributed by atoms with Crippen LogP contribution in [0.1, 0.15) is 29.6 Å². The summed E-state index contributed by atoms with van der Waals surface area (Å²) in [6, 6.07) is 4.79. The van der Waals surface area contributed by atoms with Crippen LogP contribution < -0.4 is 5.73 Å². The smallest absolute Gasteiger partial charge is 0.339 e. The van der Waals surface area contributed by atoms with Crippen molar-refractivity contribution in [2.24, 2.45) is 0 Å². The van der Waals surface area contributed by atoms with Gasteiger partial charge in [-0.05, 0) is 37.5 Å². The number of nitrogen functional groups attached to an aromatic ring is 1. The standard InChI is InChI=1S/C11H12ClNO2/c12-10-6-7(13)4-5-9(10)11(14)15-8-2-1-3-8/h4-6,8H,1-3,13H2. The number of esters is 1. The number of hydrogen-bond donors (Lipinski definition) is 1. The van der Waals surface area contributed by atoms with Crippen molar-refractivity contribution in [3.05, 3.63) is 28.8 Å². The van der Waals surface area contributed by atoms with E-state index in [-0.39, 0.29) is 12.1 Å². The van der Waals surface area contributed by atoms with Crippen LogP contribution in [-0.4, -0.2) is 12.1 Å². The van der Waals surface area contributed by atoms with E-state index in [1.807, 2.05) is 0 Å². The summed E-state index contributed by atoms with van der Waals surface area (Å²) in [6.07, 6.45) is 3.12. The van der Waals surface area contributed by atoms with Gasteiger partial charge in [0, 0.05) is 5.69 Å². The van der Waals surface area contributed by atoms with E-state index < -0.39 is 0 Å². The maximum Gasteiger partial charge on any atom is 0.339 e. The molecule has 2 N–H and O–H groups in total. The van der Waals surface area contributed by atoms with Gasteiger partial charge in [0.25, 0.3) is 0 Å². The van der Waals surface area contributed by atoms with Crippen LogP contribution in [0.3, 0.4) is 0 Å². The number of carbonyl (C=O) groups is 1. The van der Waals surface area contributed by atoms with Crippen LogP contribution in [0.4, 0.5) is 5.69 Å². The summed E-state index contributed by atoms with van der Waals surface area (Å²) in [6.45, 7) is 0. The second-order valence-corrected chi connectivity index (χ2v) is 4.10. The molecular weight excluding hydrogens is 214 g/mol. The van der Waals surface area contributed by atoms with E-state index >= 15 is 0 Å². The van der Waals surface area contributed by atoms with Crippen molar-refractivity contribution in [3.63, 3.8) is 0 Å². The molecule has 0 spiro atoms. The largest absolute Gasteiger partial charge is 0.459 e. The van der Waals surface area contributed by atoms with Crippen molar-refractivity contribution in [1.29, 1.82) is 0 Å². The fourth-order valence-corrected chi connectivity index (χ4v) is 1.67. The highest BCUT2D eigenvalue weighted by molar-refractivity contribution is 6.33. The minimum absolute atomic E-state index is 0.0751. The first-order valence-corrected chi connectivity index (χ1v) is 5.30. The van der Waals surface area contributed by atoms with Crippen LogP contribution in [0.15, 0.2) is 18.2 Å². The maximum atomic E-state index is 11.6. The Morgan fingerprint density at radius 3 is 2.73 bits per heavy atom. The Kier molecular flexibility index (Phi) is 2.82. The lowest BCUT2D eigenvalue weighted by molar-refractivity contribution is 0.00903. The molecule has 0 saturated heterocycles. The first kappa shape index (κ1) is 10.3. The molecule has 0 atom stereocenters. The number of nitrogens with two attached hydrogens (primary N) is 1. The van der Waals surface area contributed by atoms with E-state index in [1.54, 1.807) is 18.2 Å². The van der Waals surface area contributed by atoms with Gasteiger partial charge in [0.05, 0.1) is 10.6 Å². The van der Waals surface area contributed by atoms with Crippen molar-refractivity contribution < 1.29 is 9.53 Å². The third-order valence-corrected chi connectivity index (χ3v) is 2.85. The zero-order chi connectivity index (χ0) is 10.8. The van der Waals surface area contributed by atoms with E-state index in [0.29, 0.717) is 16.3 Å². The lowest BCUT2D eigenvalue weighted by atomic mass is 9.96. The van der Waals surface area contributed by atoms with E-state index in [9.17, 15) is 4.79 Å². The van der Waals surface area contributed by atoms with Crippen LogP contribution >= 0.6 is 11.6 Å². The topological polar surface area (TPSA) is 52.3 Å². The van der Waals surface area contributed by atoms with Crippen LogP contribution in [0.25, 0.3) is 0 Å². The van der Waals surface area contributed by atoms with Gasteiger partial charge in [0.15, 0.2) is 0 Å². The Morgan fingerprint density at radius 2 is 2.20 bits per heavy atom. The Labute approximate surface area is 93.2 Å². The molecule has 1 saturated carbocycles. The highest BCUT2D eigenvalue weighted by Gasteiger charge is 2.23. The lowest BCUT2D eigenvalue weighted by Gasteiger charge is -2.25. The second kappa shape index (κ2) is 4.11. The number of carbonyl (C=O) groups excluding carboxylic acids is 1. The van der Waals surface area contributed by atoms with Crippen LogP contribution in [-0.2, 0) is 4.74 Å². The van der Waals surface area contributed by atoms with Crippen molar-refractivity contribution in [2.45, 2.75) is 25.4 Å². The average molecular weight is 226 g/mol. The number of hydrogen-bond acceptors (Lipinski definition) is 3. The molecule has 1 fully saturated rings. The summed E-state index contributed by atoms with van der Waals surface area (Å²) in [5, 5.41) is 0.347. The molecule has 0 amide bonds. The zero-order valence-corrected chi connectivity index (χ0v) is 8.96. The predicted octanol–water partition coefficient (Wildman–Crippen LogP) is 2.63. The van der Waals surface area contributed by atoms with Gasteiger partial charge in [-0.2, -0.15) is 0 Å². The van der Waals surface area contributed by atoms with Gasteiger partial charge in [-0.15, -0.1) is 0 Å². The van der Waals surface area contributed by atoms with Crippen molar-refractivity contribution >= 4 is 23.3 Å². The molecule has 1 aromatic carbocycles. The maximum absolute atomic E-state index is 11.6.